The maximum absolute atomic E-state index is 11.9. The van der Waals surface area contributed by atoms with Crippen molar-refractivity contribution in [1.29, 1.82) is 0 Å². The summed E-state index contributed by atoms with van der Waals surface area (Å²) in [6, 6.07) is 3.39. The Morgan fingerprint density at radius 3 is 3.00 bits per heavy atom. The van der Waals surface area contributed by atoms with Crippen LogP contribution >= 0.6 is 11.6 Å². The van der Waals surface area contributed by atoms with Gasteiger partial charge in [0.15, 0.2) is 0 Å². The molecule has 0 radical (unpaired) electrons. The number of rotatable bonds is 3. The topological polar surface area (TPSA) is 55.6 Å². The zero-order valence-electron chi connectivity index (χ0n) is 9.00. The Kier molecular flexibility index (Phi) is 3.03. The minimum absolute atomic E-state index is 0.00424. The van der Waals surface area contributed by atoms with E-state index in [2.05, 4.69) is 0 Å². The van der Waals surface area contributed by atoms with Crippen LogP contribution in [0.2, 0.25) is 5.02 Å². The number of nitrogens with zero attached hydrogens (tertiary/aromatic N) is 1. The molecule has 0 spiro atoms. The van der Waals surface area contributed by atoms with Crippen molar-refractivity contribution in [3.05, 3.63) is 28.3 Å². The van der Waals surface area contributed by atoms with Gasteiger partial charge in [0, 0.05) is 31.3 Å². The van der Waals surface area contributed by atoms with Gasteiger partial charge in [-0.15, -0.1) is 0 Å². The molecule has 5 heteroatoms. The smallest absolute Gasteiger partial charge is 0.254 e. The van der Waals surface area contributed by atoms with Crippen LogP contribution in [0, 0.1) is 0 Å². The number of hydrogen-bond donors (Lipinski definition) is 1. The van der Waals surface area contributed by atoms with Crippen molar-refractivity contribution in [1.82, 2.24) is 4.90 Å². The Morgan fingerprint density at radius 1 is 1.56 bits per heavy atom. The third-order valence-corrected chi connectivity index (χ3v) is 3.07. The number of methoxy groups -OCH3 is 1. The maximum Gasteiger partial charge on any atom is 0.254 e. The minimum Gasteiger partial charge on any atom is -0.397 e. The van der Waals surface area contributed by atoms with Crippen LogP contribution in [0.3, 0.4) is 0 Å². The fourth-order valence-electron chi connectivity index (χ4n) is 1.82. The highest BCUT2D eigenvalue weighted by Crippen LogP contribution is 2.32. The van der Waals surface area contributed by atoms with Crippen molar-refractivity contribution in [2.24, 2.45) is 0 Å². The first-order chi connectivity index (χ1) is 7.65. The molecule has 0 aromatic heterocycles. The van der Waals surface area contributed by atoms with Gasteiger partial charge in [0.2, 0.25) is 0 Å². The average molecular weight is 241 g/mol. The summed E-state index contributed by atoms with van der Waals surface area (Å²) in [7, 11) is 1.61. The molecule has 0 saturated heterocycles. The molecule has 2 N–H and O–H groups in total. The molecule has 1 aliphatic rings. The number of amides is 1. The van der Waals surface area contributed by atoms with E-state index in [4.69, 9.17) is 22.1 Å². The van der Waals surface area contributed by atoms with Gasteiger partial charge in [0.1, 0.15) is 0 Å². The van der Waals surface area contributed by atoms with E-state index in [1.165, 1.54) is 0 Å². The highest BCUT2D eigenvalue weighted by molar-refractivity contribution is 6.33. The SMILES string of the molecule is COCCN1Cc2c(ccc(Cl)c2N)C1=O. The van der Waals surface area contributed by atoms with E-state index in [1.807, 2.05) is 0 Å². The van der Waals surface area contributed by atoms with Crippen LogP contribution in [-0.2, 0) is 11.3 Å². The second-order valence-electron chi connectivity index (χ2n) is 3.71. The van der Waals surface area contributed by atoms with E-state index in [9.17, 15) is 4.79 Å². The van der Waals surface area contributed by atoms with Gasteiger partial charge in [-0.25, -0.2) is 0 Å². The monoisotopic (exact) mass is 240 g/mol. The first-order valence-corrected chi connectivity index (χ1v) is 5.38. The Morgan fingerprint density at radius 2 is 2.31 bits per heavy atom. The van der Waals surface area contributed by atoms with E-state index in [0.717, 1.165) is 5.56 Å². The number of nitrogens with two attached hydrogens (primary N) is 1. The molecule has 0 atom stereocenters. The molecule has 4 nitrogen and oxygen atoms in total. The molecule has 1 heterocycles. The predicted octanol–water partition coefficient (Wildman–Crippen LogP) is 1.52. The number of carbonyl (C=O) groups is 1. The summed E-state index contributed by atoms with van der Waals surface area (Å²) < 4.78 is 4.95. The lowest BCUT2D eigenvalue weighted by molar-refractivity contribution is 0.0719. The van der Waals surface area contributed by atoms with Gasteiger partial charge < -0.3 is 15.4 Å². The first kappa shape index (κ1) is 11.2. The highest BCUT2D eigenvalue weighted by Gasteiger charge is 2.29. The molecule has 1 aliphatic heterocycles. The van der Waals surface area contributed by atoms with Crippen LogP contribution in [0.1, 0.15) is 15.9 Å². The van der Waals surface area contributed by atoms with E-state index in [-0.39, 0.29) is 5.91 Å². The van der Waals surface area contributed by atoms with Gasteiger partial charge in [-0.1, -0.05) is 11.6 Å². The number of fused-ring (bicyclic) bond motifs is 1. The third kappa shape index (κ3) is 1.74. The number of anilines is 1. The Labute approximate surface area is 98.9 Å². The maximum atomic E-state index is 11.9. The van der Waals surface area contributed by atoms with Crippen molar-refractivity contribution >= 4 is 23.2 Å². The molecule has 0 unspecified atom stereocenters. The lowest BCUT2D eigenvalue weighted by atomic mass is 10.1. The third-order valence-electron chi connectivity index (χ3n) is 2.74. The molecule has 1 aromatic rings. The molecule has 86 valence electrons. The molecule has 0 bridgehead atoms. The van der Waals surface area contributed by atoms with Gasteiger partial charge in [-0.05, 0) is 12.1 Å². The largest absolute Gasteiger partial charge is 0.397 e. The number of hydrogen-bond acceptors (Lipinski definition) is 3. The molecule has 2 rings (SSSR count). The minimum atomic E-state index is -0.00424. The summed E-state index contributed by atoms with van der Waals surface area (Å²) in [5.41, 5.74) is 7.83. The normalized spacial score (nSPS) is 14.4. The van der Waals surface area contributed by atoms with Crippen molar-refractivity contribution in [3.8, 4) is 0 Å². The van der Waals surface area contributed by atoms with Crippen molar-refractivity contribution in [2.75, 3.05) is 26.0 Å². The van der Waals surface area contributed by atoms with Gasteiger partial charge in [0.05, 0.1) is 17.3 Å². The fraction of sp³-hybridized carbons (Fsp3) is 0.364. The van der Waals surface area contributed by atoms with Crippen LogP contribution in [0.25, 0.3) is 0 Å². The number of nitrogen functional groups attached to an aromatic ring is 1. The van der Waals surface area contributed by atoms with E-state index < -0.39 is 0 Å². The van der Waals surface area contributed by atoms with E-state index in [1.54, 1.807) is 24.1 Å². The fourth-order valence-corrected chi connectivity index (χ4v) is 2.00. The molecule has 1 amide bonds. The molecular formula is C11H13ClN2O2. The Balaban J connectivity index is 2.27. The molecule has 0 aliphatic carbocycles. The summed E-state index contributed by atoms with van der Waals surface area (Å²) in [4.78, 5) is 13.6. The zero-order chi connectivity index (χ0) is 11.7. The number of halogens is 1. The quantitative estimate of drug-likeness (QED) is 0.816. The summed E-state index contributed by atoms with van der Waals surface area (Å²) in [5, 5.41) is 0.500. The lowest BCUT2D eigenvalue weighted by Crippen LogP contribution is -2.27. The molecule has 0 saturated carbocycles. The number of carbonyl (C=O) groups excluding carboxylic acids is 1. The molecule has 1 aromatic carbocycles. The van der Waals surface area contributed by atoms with Crippen molar-refractivity contribution in [3.63, 3.8) is 0 Å². The summed E-state index contributed by atoms with van der Waals surface area (Å²) >= 11 is 5.91. The van der Waals surface area contributed by atoms with Crippen LogP contribution < -0.4 is 5.73 Å². The Bertz CT molecular complexity index is 434. The van der Waals surface area contributed by atoms with Crippen molar-refractivity contribution < 1.29 is 9.53 Å². The van der Waals surface area contributed by atoms with E-state index in [0.29, 0.717) is 36.0 Å². The zero-order valence-corrected chi connectivity index (χ0v) is 9.75. The van der Waals surface area contributed by atoms with Crippen LogP contribution in [-0.4, -0.2) is 31.1 Å². The Hall–Kier alpha value is -1.26. The van der Waals surface area contributed by atoms with Gasteiger partial charge >= 0.3 is 0 Å². The van der Waals surface area contributed by atoms with Gasteiger partial charge in [-0.3, -0.25) is 4.79 Å². The first-order valence-electron chi connectivity index (χ1n) is 5.00. The summed E-state index contributed by atoms with van der Waals surface area (Å²) in [6.45, 7) is 1.61. The summed E-state index contributed by atoms with van der Waals surface area (Å²) in [5.74, 6) is -0.00424. The highest BCUT2D eigenvalue weighted by atomic mass is 35.5. The molecule has 16 heavy (non-hydrogen) atoms. The second-order valence-corrected chi connectivity index (χ2v) is 4.11. The second kappa shape index (κ2) is 4.31. The standard InChI is InChI=1S/C11H13ClN2O2/c1-16-5-4-14-6-8-7(11(14)15)2-3-9(12)10(8)13/h2-3H,4-6,13H2,1H3. The van der Waals surface area contributed by atoms with Crippen LogP contribution in [0.5, 0.6) is 0 Å². The van der Waals surface area contributed by atoms with Crippen LogP contribution in [0.4, 0.5) is 5.69 Å². The van der Waals surface area contributed by atoms with Crippen LogP contribution in [0.15, 0.2) is 12.1 Å². The molecular weight excluding hydrogens is 228 g/mol. The molecule has 0 fully saturated rings. The average Bonchev–Trinajstić information content (AvgIpc) is 2.59. The lowest BCUT2D eigenvalue weighted by Gasteiger charge is -2.14. The summed E-state index contributed by atoms with van der Waals surface area (Å²) in [6.07, 6.45) is 0. The van der Waals surface area contributed by atoms with E-state index >= 15 is 0 Å². The number of benzene rings is 1. The van der Waals surface area contributed by atoms with Gasteiger partial charge in [0.25, 0.3) is 5.91 Å². The van der Waals surface area contributed by atoms with Gasteiger partial charge in [-0.2, -0.15) is 0 Å². The number of ether oxygens (including phenoxy) is 1. The van der Waals surface area contributed by atoms with Crippen molar-refractivity contribution in [2.45, 2.75) is 6.54 Å². The predicted molar refractivity (Wildman–Crippen MR) is 62.5 cm³/mol.